The van der Waals surface area contributed by atoms with Crippen LogP contribution in [0.5, 0.6) is 0 Å². The van der Waals surface area contributed by atoms with Gasteiger partial charge in [-0.2, -0.15) is 5.10 Å². The van der Waals surface area contributed by atoms with Gasteiger partial charge in [-0.3, -0.25) is 9.48 Å². The zero-order chi connectivity index (χ0) is 20.7. The van der Waals surface area contributed by atoms with E-state index in [0.29, 0.717) is 24.5 Å². The number of hydrogen-bond donors (Lipinski definition) is 2. The predicted molar refractivity (Wildman–Crippen MR) is 108 cm³/mol. The highest BCUT2D eigenvalue weighted by atomic mass is 32.1. The molecule has 0 aromatic carbocycles. The van der Waals surface area contributed by atoms with Gasteiger partial charge in [0.25, 0.3) is 5.91 Å². The summed E-state index contributed by atoms with van der Waals surface area (Å²) in [5.41, 5.74) is 2.19. The molecule has 4 rings (SSSR count). The molecule has 2 N–H and O–H groups in total. The van der Waals surface area contributed by atoms with Crippen molar-refractivity contribution in [2.75, 3.05) is 11.9 Å². The van der Waals surface area contributed by atoms with E-state index in [0.717, 1.165) is 26.8 Å². The van der Waals surface area contributed by atoms with Crippen molar-refractivity contribution in [2.45, 2.75) is 26.3 Å². The summed E-state index contributed by atoms with van der Waals surface area (Å²) in [4.78, 5) is 36.3. The fourth-order valence-corrected chi connectivity index (χ4v) is 4.45. The summed E-state index contributed by atoms with van der Waals surface area (Å²) in [6.45, 7) is 3.85. The molecule has 0 bridgehead atoms. The number of thiophene rings is 1. The lowest BCUT2D eigenvalue weighted by Gasteiger charge is -2.29. The van der Waals surface area contributed by atoms with Crippen LogP contribution < -0.4 is 5.32 Å². The molecule has 0 spiro atoms. The largest absolute Gasteiger partial charge is 0.480 e. The van der Waals surface area contributed by atoms with Gasteiger partial charge >= 0.3 is 5.97 Å². The first-order chi connectivity index (χ1) is 13.8. The Kier molecular flexibility index (Phi) is 4.79. The molecule has 10 heteroatoms. The molecule has 0 saturated carbocycles. The number of fused-ring (bicyclic) bond motifs is 1. The summed E-state index contributed by atoms with van der Waals surface area (Å²) in [5.74, 6) is -0.0508. The molecular formula is C19H20N6O3S. The second-order valence-corrected chi connectivity index (χ2v) is 8.04. The smallest absolute Gasteiger partial charge is 0.326 e. The maximum atomic E-state index is 12.8. The number of carbonyl (C=O) groups excluding carboxylic acids is 1. The highest BCUT2D eigenvalue weighted by molar-refractivity contribution is 7.15. The van der Waals surface area contributed by atoms with Crippen molar-refractivity contribution in [3.63, 3.8) is 0 Å². The Morgan fingerprint density at radius 1 is 1.41 bits per heavy atom. The molecule has 1 atom stereocenters. The van der Waals surface area contributed by atoms with Gasteiger partial charge in [-0.25, -0.2) is 14.8 Å². The molecule has 1 amide bonds. The normalized spacial score (nSPS) is 14.6. The Bertz CT molecular complexity index is 1110. The third-order valence-corrected chi connectivity index (χ3v) is 6.17. The topological polar surface area (TPSA) is 113 Å². The first kappa shape index (κ1) is 19.1. The molecule has 3 aromatic heterocycles. The van der Waals surface area contributed by atoms with Gasteiger partial charge in [0.1, 0.15) is 11.9 Å². The van der Waals surface area contributed by atoms with Crippen molar-refractivity contribution in [3.8, 4) is 10.6 Å². The summed E-state index contributed by atoms with van der Waals surface area (Å²) in [7, 11) is 1.82. The van der Waals surface area contributed by atoms with Crippen LogP contribution in [-0.2, 0) is 18.3 Å². The quantitative estimate of drug-likeness (QED) is 0.662. The van der Waals surface area contributed by atoms with E-state index in [1.807, 2.05) is 26.1 Å². The highest BCUT2D eigenvalue weighted by Crippen LogP contribution is 2.36. The average molecular weight is 412 g/mol. The van der Waals surface area contributed by atoms with E-state index in [9.17, 15) is 14.7 Å². The molecule has 0 saturated heterocycles. The Labute approximate surface area is 171 Å². The minimum absolute atomic E-state index is 0.247. The number of anilines is 2. The SMILES string of the molecule is Cc1cnc(Nc2ccnn2C)nc1-c1cc2c(s1)CCN(C(C)C(=O)O)C2=O. The first-order valence-corrected chi connectivity index (χ1v) is 9.92. The molecule has 0 aliphatic carbocycles. The van der Waals surface area contributed by atoms with E-state index < -0.39 is 12.0 Å². The maximum Gasteiger partial charge on any atom is 0.326 e. The van der Waals surface area contributed by atoms with E-state index in [2.05, 4.69) is 20.4 Å². The van der Waals surface area contributed by atoms with E-state index in [-0.39, 0.29) is 5.91 Å². The van der Waals surface area contributed by atoms with Crippen molar-refractivity contribution >= 4 is 35.0 Å². The van der Waals surface area contributed by atoms with Crippen molar-refractivity contribution in [1.29, 1.82) is 0 Å². The molecule has 1 unspecified atom stereocenters. The van der Waals surface area contributed by atoms with Crippen LogP contribution in [-0.4, -0.2) is 54.2 Å². The number of amides is 1. The monoisotopic (exact) mass is 412 g/mol. The van der Waals surface area contributed by atoms with Crippen molar-refractivity contribution in [2.24, 2.45) is 7.05 Å². The van der Waals surface area contributed by atoms with Crippen molar-refractivity contribution in [1.82, 2.24) is 24.6 Å². The molecule has 3 aromatic rings. The number of carboxylic acid groups (broad SMARTS) is 1. The van der Waals surface area contributed by atoms with E-state index >= 15 is 0 Å². The van der Waals surface area contributed by atoms with Gasteiger partial charge in [-0.05, 0) is 25.5 Å². The average Bonchev–Trinajstić information content (AvgIpc) is 3.30. The lowest BCUT2D eigenvalue weighted by atomic mass is 10.1. The molecule has 29 heavy (non-hydrogen) atoms. The number of aromatic nitrogens is 4. The molecule has 1 aliphatic heterocycles. The number of rotatable bonds is 5. The molecule has 9 nitrogen and oxygen atoms in total. The van der Waals surface area contributed by atoms with Gasteiger partial charge < -0.3 is 15.3 Å². The predicted octanol–water partition coefficient (Wildman–Crippen LogP) is 2.46. The summed E-state index contributed by atoms with van der Waals surface area (Å²) in [6.07, 6.45) is 4.05. The van der Waals surface area contributed by atoms with Gasteiger partial charge in [0.05, 0.1) is 22.3 Å². The number of aryl methyl sites for hydroxylation is 2. The van der Waals surface area contributed by atoms with Gasteiger partial charge in [0.2, 0.25) is 5.95 Å². The van der Waals surface area contributed by atoms with Gasteiger partial charge in [0, 0.05) is 37.2 Å². The second kappa shape index (κ2) is 7.28. The Morgan fingerprint density at radius 2 is 2.21 bits per heavy atom. The second-order valence-electron chi connectivity index (χ2n) is 6.90. The lowest BCUT2D eigenvalue weighted by Crippen LogP contribution is -2.46. The van der Waals surface area contributed by atoms with Crippen LogP contribution in [0.2, 0.25) is 0 Å². The summed E-state index contributed by atoms with van der Waals surface area (Å²) in [6, 6.07) is 2.78. The Hall–Kier alpha value is -3.27. The van der Waals surface area contributed by atoms with Gasteiger partial charge in [0.15, 0.2) is 0 Å². The summed E-state index contributed by atoms with van der Waals surface area (Å²) in [5, 5.41) is 16.5. The zero-order valence-corrected chi connectivity index (χ0v) is 17.0. The Balaban J connectivity index is 1.66. The number of carbonyl (C=O) groups is 2. The van der Waals surface area contributed by atoms with Crippen LogP contribution >= 0.6 is 11.3 Å². The zero-order valence-electron chi connectivity index (χ0n) is 16.2. The van der Waals surface area contributed by atoms with Crippen LogP contribution in [0.3, 0.4) is 0 Å². The molecule has 1 aliphatic rings. The third kappa shape index (κ3) is 3.46. The van der Waals surface area contributed by atoms with Crippen molar-refractivity contribution in [3.05, 3.63) is 40.5 Å². The molecule has 150 valence electrons. The number of nitrogens with one attached hydrogen (secondary N) is 1. The Morgan fingerprint density at radius 3 is 2.90 bits per heavy atom. The van der Waals surface area contributed by atoms with Crippen LogP contribution in [0, 0.1) is 6.92 Å². The number of hydrogen-bond acceptors (Lipinski definition) is 7. The fourth-order valence-electron chi connectivity index (χ4n) is 3.26. The van der Waals surface area contributed by atoms with E-state index in [1.165, 1.54) is 23.2 Å². The fraction of sp³-hybridized carbons (Fsp3) is 0.316. The minimum Gasteiger partial charge on any atom is -0.480 e. The third-order valence-electron chi connectivity index (χ3n) is 4.97. The van der Waals surface area contributed by atoms with Crippen LogP contribution in [0.1, 0.15) is 27.7 Å². The molecule has 0 fully saturated rings. The standard InChI is InChI=1S/C19H20N6O3S/c1-10-9-20-19(22-15-4-6-21-24(15)3)23-16(10)14-8-12-13(29-14)5-7-25(17(12)26)11(2)18(27)28/h4,6,8-9,11H,5,7H2,1-3H3,(H,27,28)(H,20,22,23). The van der Waals surface area contributed by atoms with Crippen LogP contribution in [0.15, 0.2) is 24.5 Å². The van der Waals surface area contributed by atoms with E-state index in [1.54, 1.807) is 17.1 Å². The molecule has 0 radical (unpaired) electrons. The summed E-state index contributed by atoms with van der Waals surface area (Å²) >= 11 is 1.52. The van der Waals surface area contributed by atoms with Crippen molar-refractivity contribution < 1.29 is 14.7 Å². The van der Waals surface area contributed by atoms with Gasteiger partial charge in [-0.15, -0.1) is 11.3 Å². The molecule has 4 heterocycles. The minimum atomic E-state index is -1.00. The number of aliphatic carboxylic acids is 1. The number of nitrogens with zero attached hydrogens (tertiary/aromatic N) is 5. The summed E-state index contributed by atoms with van der Waals surface area (Å²) < 4.78 is 1.68. The van der Waals surface area contributed by atoms with Gasteiger partial charge in [-0.1, -0.05) is 0 Å². The van der Waals surface area contributed by atoms with E-state index in [4.69, 9.17) is 0 Å². The maximum absolute atomic E-state index is 12.8. The van der Waals surface area contributed by atoms with Crippen LogP contribution in [0.25, 0.3) is 10.6 Å². The lowest BCUT2D eigenvalue weighted by molar-refractivity contribution is -0.141. The highest BCUT2D eigenvalue weighted by Gasteiger charge is 2.33. The number of carboxylic acids is 1. The first-order valence-electron chi connectivity index (χ1n) is 9.10. The molecular weight excluding hydrogens is 392 g/mol. The van der Waals surface area contributed by atoms with Crippen LogP contribution in [0.4, 0.5) is 11.8 Å².